The predicted octanol–water partition coefficient (Wildman–Crippen LogP) is 2.34. The minimum atomic E-state index is 0.267. The van der Waals surface area contributed by atoms with Crippen LogP contribution in [0.25, 0.3) is 0 Å². The molecular formula is C18H22N6O2. The molecule has 1 saturated carbocycles. The van der Waals surface area contributed by atoms with E-state index in [1.807, 2.05) is 12.1 Å². The summed E-state index contributed by atoms with van der Waals surface area (Å²) in [6, 6.07) is 7.40. The van der Waals surface area contributed by atoms with Crippen LogP contribution in [0.3, 0.4) is 0 Å². The fourth-order valence-electron chi connectivity index (χ4n) is 3.83. The second-order valence-corrected chi connectivity index (χ2v) is 6.85. The molecule has 8 heteroatoms. The summed E-state index contributed by atoms with van der Waals surface area (Å²) < 4.78 is 0. The van der Waals surface area contributed by atoms with Crippen LogP contribution < -0.4 is 10.6 Å². The number of aromatic nitrogens is 4. The monoisotopic (exact) mass is 354 g/mol. The van der Waals surface area contributed by atoms with Crippen LogP contribution in [0, 0.1) is 11.8 Å². The van der Waals surface area contributed by atoms with Crippen molar-refractivity contribution in [2.24, 2.45) is 11.8 Å². The summed E-state index contributed by atoms with van der Waals surface area (Å²) >= 11 is 0. The zero-order valence-corrected chi connectivity index (χ0v) is 14.8. The molecule has 1 fully saturated rings. The van der Waals surface area contributed by atoms with E-state index in [0.717, 1.165) is 24.2 Å². The molecule has 0 radical (unpaired) electrons. The maximum absolute atomic E-state index is 10.5. The van der Waals surface area contributed by atoms with Gasteiger partial charge in [-0.25, -0.2) is 0 Å². The van der Waals surface area contributed by atoms with Crippen LogP contribution in [0.5, 0.6) is 0 Å². The standard InChI is InChI=1S/C18H22N6O2/c1-11-7-12(2)14(16-4-6-18(20-10-26)24-22-16)8-13(11)15-3-5-17(19-9-25)23-21-15/h3-6,9-14H,7-8H2,1-2H3,(H,19,23,25)(H,20,24,26). The van der Waals surface area contributed by atoms with Crippen molar-refractivity contribution in [3.05, 3.63) is 35.7 Å². The molecule has 0 saturated heterocycles. The first-order valence-electron chi connectivity index (χ1n) is 8.70. The minimum absolute atomic E-state index is 0.267. The zero-order valence-electron chi connectivity index (χ0n) is 14.8. The van der Waals surface area contributed by atoms with Crippen LogP contribution in [0.4, 0.5) is 11.6 Å². The van der Waals surface area contributed by atoms with E-state index in [2.05, 4.69) is 44.9 Å². The molecule has 2 aromatic heterocycles. The lowest BCUT2D eigenvalue weighted by atomic mass is 9.67. The first-order chi connectivity index (χ1) is 12.6. The first kappa shape index (κ1) is 17.9. The molecule has 0 aromatic carbocycles. The Morgan fingerprint density at radius 1 is 0.769 bits per heavy atom. The van der Waals surface area contributed by atoms with Crippen molar-refractivity contribution in [3.63, 3.8) is 0 Å². The van der Waals surface area contributed by atoms with E-state index >= 15 is 0 Å². The molecule has 0 bridgehead atoms. The summed E-state index contributed by atoms with van der Waals surface area (Å²) in [7, 11) is 0. The smallest absolute Gasteiger partial charge is 0.212 e. The summed E-state index contributed by atoms with van der Waals surface area (Å²) in [4.78, 5) is 21.0. The Labute approximate surface area is 151 Å². The fraction of sp³-hybridized carbons (Fsp3) is 0.444. The lowest BCUT2D eigenvalue weighted by Crippen LogP contribution is -2.28. The predicted molar refractivity (Wildman–Crippen MR) is 96.5 cm³/mol. The highest BCUT2D eigenvalue weighted by Crippen LogP contribution is 2.46. The molecule has 2 heterocycles. The summed E-state index contributed by atoms with van der Waals surface area (Å²) in [5, 5.41) is 21.7. The lowest BCUT2D eigenvalue weighted by Gasteiger charge is -2.38. The lowest BCUT2D eigenvalue weighted by molar-refractivity contribution is -0.106. The van der Waals surface area contributed by atoms with E-state index in [1.54, 1.807) is 12.1 Å². The van der Waals surface area contributed by atoms with Crippen molar-refractivity contribution in [1.82, 2.24) is 20.4 Å². The molecule has 2 amide bonds. The minimum Gasteiger partial charge on any atom is -0.312 e. The molecule has 4 unspecified atom stereocenters. The number of carbonyl (C=O) groups is 2. The average molecular weight is 354 g/mol. The highest BCUT2D eigenvalue weighted by atomic mass is 16.1. The van der Waals surface area contributed by atoms with Gasteiger partial charge in [0.25, 0.3) is 0 Å². The third kappa shape index (κ3) is 3.84. The number of carbonyl (C=O) groups excluding carboxylic acids is 2. The Morgan fingerprint density at radius 3 is 1.58 bits per heavy atom. The second-order valence-electron chi connectivity index (χ2n) is 6.85. The number of anilines is 2. The van der Waals surface area contributed by atoms with Crippen molar-refractivity contribution < 1.29 is 9.59 Å². The third-order valence-corrected chi connectivity index (χ3v) is 5.17. The Balaban J connectivity index is 1.79. The molecular weight excluding hydrogens is 332 g/mol. The van der Waals surface area contributed by atoms with Gasteiger partial charge in [0, 0.05) is 11.8 Å². The number of hydrogen-bond donors (Lipinski definition) is 2. The number of hydrogen-bond acceptors (Lipinski definition) is 6. The van der Waals surface area contributed by atoms with Gasteiger partial charge in [0.2, 0.25) is 12.8 Å². The van der Waals surface area contributed by atoms with Crippen LogP contribution in [0.15, 0.2) is 24.3 Å². The van der Waals surface area contributed by atoms with E-state index in [4.69, 9.17) is 0 Å². The van der Waals surface area contributed by atoms with Crippen molar-refractivity contribution in [2.75, 3.05) is 10.6 Å². The van der Waals surface area contributed by atoms with E-state index in [1.165, 1.54) is 0 Å². The second kappa shape index (κ2) is 7.99. The Hall–Kier alpha value is -2.90. The molecule has 2 N–H and O–H groups in total. The molecule has 2 aromatic rings. The molecule has 0 spiro atoms. The van der Waals surface area contributed by atoms with Gasteiger partial charge in [0.15, 0.2) is 11.6 Å². The summed E-state index contributed by atoms with van der Waals surface area (Å²) in [6.07, 6.45) is 3.15. The van der Waals surface area contributed by atoms with Gasteiger partial charge in [0.05, 0.1) is 11.4 Å². The topological polar surface area (TPSA) is 110 Å². The third-order valence-electron chi connectivity index (χ3n) is 5.17. The molecule has 8 nitrogen and oxygen atoms in total. The molecule has 4 atom stereocenters. The van der Waals surface area contributed by atoms with Gasteiger partial charge in [-0.1, -0.05) is 13.8 Å². The van der Waals surface area contributed by atoms with Crippen LogP contribution in [0.2, 0.25) is 0 Å². The molecule has 1 aliphatic carbocycles. The van der Waals surface area contributed by atoms with Crippen LogP contribution in [-0.4, -0.2) is 33.2 Å². The normalized spacial score (nSPS) is 25.3. The number of rotatable bonds is 6. The van der Waals surface area contributed by atoms with E-state index in [9.17, 15) is 9.59 Å². The molecule has 136 valence electrons. The number of nitrogens with one attached hydrogen (secondary N) is 2. The molecule has 26 heavy (non-hydrogen) atoms. The van der Waals surface area contributed by atoms with Crippen molar-refractivity contribution >= 4 is 24.5 Å². The molecule has 1 aliphatic rings. The van der Waals surface area contributed by atoms with E-state index in [-0.39, 0.29) is 11.8 Å². The Bertz CT molecular complexity index is 686. The van der Waals surface area contributed by atoms with Crippen LogP contribution >= 0.6 is 0 Å². The SMILES string of the molecule is CC1CC(C)C(c2ccc(NC=O)nn2)CC1c1ccc(NC=O)nn1. The quantitative estimate of drug-likeness (QED) is 0.771. The Morgan fingerprint density at radius 2 is 1.23 bits per heavy atom. The highest BCUT2D eigenvalue weighted by Gasteiger charge is 2.36. The summed E-state index contributed by atoms with van der Waals surface area (Å²) in [5.74, 6) is 2.38. The maximum Gasteiger partial charge on any atom is 0.212 e. The van der Waals surface area contributed by atoms with E-state index < -0.39 is 0 Å². The first-order valence-corrected chi connectivity index (χ1v) is 8.70. The van der Waals surface area contributed by atoms with Crippen molar-refractivity contribution in [2.45, 2.75) is 38.5 Å². The molecule has 0 aliphatic heterocycles. The van der Waals surface area contributed by atoms with Gasteiger partial charge in [-0.2, -0.15) is 10.2 Å². The van der Waals surface area contributed by atoms with Gasteiger partial charge in [-0.15, -0.1) is 10.2 Å². The molecule has 3 rings (SSSR count). The Kier molecular flexibility index (Phi) is 5.50. The van der Waals surface area contributed by atoms with E-state index in [0.29, 0.717) is 36.3 Å². The van der Waals surface area contributed by atoms with Crippen LogP contribution in [0.1, 0.15) is 49.9 Å². The van der Waals surface area contributed by atoms with Gasteiger partial charge in [-0.3, -0.25) is 9.59 Å². The van der Waals surface area contributed by atoms with Gasteiger partial charge >= 0.3 is 0 Å². The van der Waals surface area contributed by atoms with Crippen LogP contribution in [-0.2, 0) is 9.59 Å². The van der Waals surface area contributed by atoms with Gasteiger partial charge in [0.1, 0.15) is 0 Å². The summed E-state index contributed by atoms with van der Waals surface area (Å²) in [6.45, 7) is 4.47. The fourth-order valence-corrected chi connectivity index (χ4v) is 3.83. The number of nitrogens with zero attached hydrogens (tertiary/aromatic N) is 4. The average Bonchev–Trinajstić information content (AvgIpc) is 2.64. The van der Waals surface area contributed by atoms with Gasteiger partial charge < -0.3 is 10.6 Å². The maximum atomic E-state index is 10.5. The van der Waals surface area contributed by atoms with Gasteiger partial charge in [-0.05, 0) is 48.9 Å². The largest absolute Gasteiger partial charge is 0.312 e. The summed E-state index contributed by atoms with van der Waals surface area (Å²) in [5.41, 5.74) is 1.86. The zero-order chi connectivity index (χ0) is 18.5. The highest BCUT2D eigenvalue weighted by molar-refractivity contribution is 5.68. The number of amides is 2. The van der Waals surface area contributed by atoms with Crippen molar-refractivity contribution in [3.8, 4) is 0 Å². The van der Waals surface area contributed by atoms with Crippen molar-refractivity contribution in [1.29, 1.82) is 0 Å².